The van der Waals surface area contributed by atoms with Crippen LogP contribution in [0.2, 0.25) is 0 Å². The lowest BCUT2D eigenvalue weighted by atomic mass is 10.1. The predicted molar refractivity (Wildman–Crippen MR) is 84.4 cm³/mol. The van der Waals surface area contributed by atoms with Crippen LogP contribution in [-0.4, -0.2) is 52.3 Å². The smallest absolute Gasteiger partial charge is 0.0991 e. The minimum Gasteiger partial charge on any atom is -0.395 e. The summed E-state index contributed by atoms with van der Waals surface area (Å²) >= 11 is 0. The van der Waals surface area contributed by atoms with Crippen molar-refractivity contribution in [1.82, 2.24) is 19.8 Å². The fourth-order valence-electron chi connectivity index (χ4n) is 2.39. The standard InChI is InChI=1S/C16H24N4O/c1-14(12-19(2)9-10-21)18-11-15-5-3-4-6-16(15)20-8-7-17-13-20/h3-8,13-14,18,21H,9-12H2,1-2H3/t14-/m1/s1. The first-order chi connectivity index (χ1) is 10.2. The maximum absolute atomic E-state index is 8.93. The van der Waals surface area contributed by atoms with Gasteiger partial charge < -0.3 is 19.9 Å². The zero-order valence-electron chi connectivity index (χ0n) is 12.7. The number of imidazole rings is 1. The van der Waals surface area contributed by atoms with Gasteiger partial charge in [0.05, 0.1) is 18.6 Å². The molecule has 0 aliphatic rings. The number of para-hydroxylation sites is 1. The summed E-state index contributed by atoms with van der Waals surface area (Å²) in [6.45, 7) is 4.79. The summed E-state index contributed by atoms with van der Waals surface area (Å²) in [5.41, 5.74) is 2.39. The fraction of sp³-hybridized carbons (Fsp3) is 0.438. The molecule has 0 bridgehead atoms. The lowest BCUT2D eigenvalue weighted by Gasteiger charge is -2.22. The average Bonchev–Trinajstić information content (AvgIpc) is 2.99. The monoisotopic (exact) mass is 288 g/mol. The molecule has 2 rings (SSSR count). The molecule has 5 heteroatoms. The molecule has 1 heterocycles. The van der Waals surface area contributed by atoms with Gasteiger partial charge in [0.1, 0.15) is 0 Å². The van der Waals surface area contributed by atoms with Crippen molar-refractivity contribution in [2.75, 3.05) is 26.7 Å². The highest BCUT2D eigenvalue weighted by atomic mass is 16.3. The maximum atomic E-state index is 8.93. The number of hydrogen-bond donors (Lipinski definition) is 2. The summed E-state index contributed by atoms with van der Waals surface area (Å²) in [6.07, 6.45) is 5.56. The van der Waals surface area contributed by atoms with Gasteiger partial charge in [0.25, 0.3) is 0 Å². The van der Waals surface area contributed by atoms with Crippen molar-refractivity contribution >= 4 is 0 Å². The van der Waals surface area contributed by atoms with Crippen LogP contribution in [0.1, 0.15) is 12.5 Å². The van der Waals surface area contributed by atoms with Gasteiger partial charge in [-0.3, -0.25) is 0 Å². The molecule has 0 saturated carbocycles. The van der Waals surface area contributed by atoms with E-state index < -0.39 is 0 Å². The van der Waals surface area contributed by atoms with Crippen molar-refractivity contribution < 1.29 is 5.11 Å². The first kappa shape index (κ1) is 15.7. The molecule has 0 amide bonds. The number of likely N-dealkylation sites (N-methyl/N-ethyl adjacent to an activating group) is 1. The molecule has 0 aliphatic heterocycles. The Labute approximate surface area is 126 Å². The van der Waals surface area contributed by atoms with Crippen LogP contribution in [0.15, 0.2) is 43.0 Å². The van der Waals surface area contributed by atoms with Crippen molar-refractivity contribution in [2.24, 2.45) is 0 Å². The Hall–Kier alpha value is -1.69. The van der Waals surface area contributed by atoms with Gasteiger partial charge in [0.2, 0.25) is 0 Å². The van der Waals surface area contributed by atoms with E-state index in [0.29, 0.717) is 12.6 Å². The molecule has 0 aliphatic carbocycles. The molecule has 0 fully saturated rings. The van der Waals surface area contributed by atoms with E-state index in [9.17, 15) is 0 Å². The largest absolute Gasteiger partial charge is 0.395 e. The third-order valence-electron chi connectivity index (χ3n) is 3.48. The molecule has 2 N–H and O–H groups in total. The van der Waals surface area contributed by atoms with Crippen molar-refractivity contribution in [1.29, 1.82) is 0 Å². The van der Waals surface area contributed by atoms with Crippen molar-refractivity contribution in [3.05, 3.63) is 48.5 Å². The molecule has 5 nitrogen and oxygen atoms in total. The van der Waals surface area contributed by atoms with Crippen LogP contribution in [0, 0.1) is 0 Å². The highest BCUT2D eigenvalue weighted by Crippen LogP contribution is 2.14. The molecule has 21 heavy (non-hydrogen) atoms. The molecule has 0 radical (unpaired) electrons. The van der Waals surface area contributed by atoms with E-state index in [1.807, 2.05) is 30.2 Å². The van der Waals surface area contributed by atoms with Gasteiger partial charge in [0, 0.05) is 38.1 Å². The molecule has 0 unspecified atom stereocenters. The molecule has 1 atom stereocenters. The quantitative estimate of drug-likeness (QED) is 0.768. The van der Waals surface area contributed by atoms with Gasteiger partial charge in [-0.05, 0) is 25.6 Å². The van der Waals surface area contributed by atoms with Crippen LogP contribution in [0.3, 0.4) is 0 Å². The zero-order chi connectivity index (χ0) is 15.1. The van der Waals surface area contributed by atoms with E-state index >= 15 is 0 Å². The van der Waals surface area contributed by atoms with Gasteiger partial charge in [-0.2, -0.15) is 0 Å². The van der Waals surface area contributed by atoms with E-state index in [1.54, 1.807) is 6.20 Å². The van der Waals surface area contributed by atoms with Gasteiger partial charge in [-0.25, -0.2) is 4.98 Å². The first-order valence-corrected chi connectivity index (χ1v) is 7.29. The number of aromatic nitrogens is 2. The molecule has 0 spiro atoms. The van der Waals surface area contributed by atoms with Crippen LogP contribution in [0.5, 0.6) is 0 Å². The summed E-state index contributed by atoms with van der Waals surface area (Å²) in [6, 6.07) is 8.68. The number of aliphatic hydroxyl groups is 1. The highest BCUT2D eigenvalue weighted by molar-refractivity contribution is 5.40. The number of benzene rings is 1. The lowest BCUT2D eigenvalue weighted by molar-refractivity contribution is 0.210. The second kappa shape index (κ2) is 7.93. The number of nitrogens with zero attached hydrogens (tertiary/aromatic N) is 3. The Morgan fingerprint density at radius 3 is 2.90 bits per heavy atom. The maximum Gasteiger partial charge on any atom is 0.0991 e. The Morgan fingerprint density at radius 2 is 2.19 bits per heavy atom. The predicted octanol–water partition coefficient (Wildman–Crippen LogP) is 1.27. The van der Waals surface area contributed by atoms with Crippen LogP contribution in [0.4, 0.5) is 0 Å². The minimum absolute atomic E-state index is 0.201. The van der Waals surface area contributed by atoms with Crippen molar-refractivity contribution in [3.63, 3.8) is 0 Å². The van der Waals surface area contributed by atoms with E-state index in [1.165, 1.54) is 5.56 Å². The normalized spacial score (nSPS) is 12.8. The number of nitrogens with one attached hydrogen (secondary N) is 1. The third kappa shape index (κ3) is 4.67. The van der Waals surface area contributed by atoms with Gasteiger partial charge in [-0.1, -0.05) is 18.2 Å². The summed E-state index contributed by atoms with van der Waals surface area (Å²) in [5, 5.41) is 12.5. The van der Waals surface area contributed by atoms with Crippen molar-refractivity contribution in [3.8, 4) is 5.69 Å². The Kier molecular flexibility index (Phi) is 5.92. The second-order valence-corrected chi connectivity index (χ2v) is 5.37. The van der Waals surface area contributed by atoms with Crippen LogP contribution < -0.4 is 5.32 Å². The molecule has 114 valence electrons. The lowest BCUT2D eigenvalue weighted by Crippen LogP contribution is -2.38. The Bertz CT molecular complexity index is 527. The molecule has 1 aromatic carbocycles. The molecule has 1 aromatic heterocycles. The van der Waals surface area contributed by atoms with E-state index in [2.05, 4.69) is 40.3 Å². The minimum atomic E-state index is 0.201. The van der Waals surface area contributed by atoms with Crippen LogP contribution >= 0.6 is 0 Å². The molecular formula is C16H24N4O. The number of hydrogen-bond acceptors (Lipinski definition) is 4. The second-order valence-electron chi connectivity index (χ2n) is 5.37. The average molecular weight is 288 g/mol. The molecule has 2 aromatic rings. The number of rotatable bonds is 8. The third-order valence-corrected chi connectivity index (χ3v) is 3.48. The van der Waals surface area contributed by atoms with Gasteiger partial charge >= 0.3 is 0 Å². The highest BCUT2D eigenvalue weighted by Gasteiger charge is 2.08. The summed E-state index contributed by atoms with van der Waals surface area (Å²) in [4.78, 5) is 6.23. The van der Waals surface area contributed by atoms with E-state index in [4.69, 9.17) is 5.11 Å². The SMILES string of the molecule is C[C@H](CN(C)CCO)NCc1ccccc1-n1ccnc1. The number of aliphatic hydroxyl groups excluding tert-OH is 1. The van der Waals surface area contributed by atoms with E-state index in [-0.39, 0.29) is 6.61 Å². The molecular weight excluding hydrogens is 264 g/mol. The molecule has 0 saturated heterocycles. The topological polar surface area (TPSA) is 53.3 Å². The van der Waals surface area contributed by atoms with Gasteiger partial charge in [0.15, 0.2) is 0 Å². The first-order valence-electron chi connectivity index (χ1n) is 7.29. The summed E-state index contributed by atoms with van der Waals surface area (Å²) in [7, 11) is 2.02. The van der Waals surface area contributed by atoms with Gasteiger partial charge in [-0.15, -0.1) is 0 Å². The fourth-order valence-corrected chi connectivity index (χ4v) is 2.39. The summed E-state index contributed by atoms with van der Waals surface area (Å²) < 4.78 is 2.03. The van der Waals surface area contributed by atoms with Crippen LogP contribution in [-0.2, 0) is 6.54 Å². The zero-order valence-corrected chi connectivity index (χ0v) is 12.7. The van der Waals surface area contributed by atoms with E-state index in [0.717, 1.165) is 18.8 Å². The van der Waals surface area contributed by atoms with Crippen molar-refractivity contribution in [2.45, 2.75) is 19.5 Å². The van der Waals surface area contributed by atoms with Crippen LogP contribution in [0.25, 0.3) is 5.69 Å². The Morgan fingerprint density at radius 1 is 1.38 bits per heavy atom. The summed E-state index contributed by atoms with van der Waals surface area (Å²) in [5.74, 6) is 0. The Balaban J connectivity index is 1.94.